The average Bonchev–Trinajstić information content (AvgIpc) is 3.09. The van der Waals surface area contributed by atoms with Crippen LogP contribution in [0.3, 0.4) is 0 Å². The van der Waals surface area contributed by atoms with E-state index in [-0.39, 0.29) is 0 Å². The Bertz CT molecular complexity index is 867. The Kier molecular flexibility index (Phi) is 6.19. The molecular weight excluding hydrogens is 324 g/mol. The smallest absolute Gasteiger partial charge is 0.191 e. The van der Waals surface area contributed by atoms with Crippen LogP contribution in [0.2, 0.25) is 0 Å². The number of nitrogens with zero attached hydrogens (tertiary/aromatic N) is 4. The Morgan fingerprint density at radius 3 is 2.62 bits per heavy atom. The number of rotatable bonds is 7. The molecule has 2 N–H and O–H groups in total. The van der Waals surface area contributed by atoms with Gasteiger partial charge in [-0.05, 0) is 36.6 Å². The third-order valence-electron chi connectivity index (χ3n) is 4.28. The fourth-order valence-electron chi connectivity index (χ4n) is 2.92. The van der Waals surface area contributed by atoms with Crippen LogP contribution in [-0.4, -0.2) is 33.6 Å². The molecule has 0 aliphatic heterocycles. The van der Waals surface area contributed by atoms with Crippen molar-refractivity contribution in [2.75, 3.05) is 13.1 Å². The second kappa shape index (κ2) is 8.99. The van der Waals surface area contributed by atoms with Crippen LogP contribution in [0, 0.1) is 0 Å². The summed E-state index contributed by atoms with van der Waals surface area (Å²) in [6, 6.07) is 14.4. The summed E-state index contributed by atoms with van der Waals surface area (Å²) >= 11 is 0. The standard InChI is InChI=1S/C20H26N6/c1-3-16-9-5-6-10-17(16)15-23-20(21-4-2)22-13-12-19-25-24-18-11-7-8-14-26(18)19/h5-11,14H,3-4,12-13,15H2,1-2H3,(H2,21,22,23). The highest BCUT2D eigenvalue weighted by atomic mass is 15.2. The number of hydrogen-bond acceptors (Lipinski definition) is 3. The second-order valence-corrected chi connectivity index (χ2v) is 6.04. The van der Waals surface area contributed by atoms with Gasteiger partial charge < -0.3 is 10.6 Å². The maximum Gasteiger partial charge on any atom is 0.191 e. The van der Waals surface area contributed by atoms with Gasteiger partial charge in [-0.15, -0.1) is 10.2 Å². The van der Waals surface area contributed by atoms with Crippen LogP contribution in [-0.2, 0) is 19.4 Å². The van der Waals surface area contributed by atoms with E-state index in [1.807, 2.05) is 28.8 Å². The van der Waals surface area contributed by atoms with Crippen molar-refractivity contribution >= 4 is 11.6 Å². The van der Waals surface area contributed by atoms with Gasteiger partial charge in [0.1, 0.15) is 5.82 Å². The molecule has 0 fully saturated rings. The highest BCUT2D eigenvalue weighted by Crippen LogP contribution is 2.10. The Morgan fingerprint density at radius 2 is 1.81 bits per heavy atom. The van der Waals surface area contributed by atoms with Crippen LogP contribution < -0.4 is 10.6 Å². The van der Waals surface area contributed by atoms with Crippen LogP contribution in [0.4, 0.5) is 0 Å². The molecule has 1 aromatic carbocycles. The van der Waals surface area contributed by atoms with Gasteiger partial charge in [0.05, 0.1) is 6.54 Å². The summed E-state index contributed by atoms with van der Waals surface area (Å²) < 4.78 is 2.02. The van der Waals surface area contributed by atoms with Gasteiger partial charge in [-0.3, -0.25) is 4.40 Å². The topological polar surface area (TPSA) is 66.6 Å². The lowest BCUT2D eigenvalue weighted by molar-refractivity contribution is 0.762. The second-order valence-electron chi connectivity index (χ2n) is 6.04. The summed E-state index contributed by atoms with van der Waals surface area (Å²) in [5.41, 5.74) is 3.50. The van der Waals surface area contributed by atoms with Crippen LogP contribution in [0.1, 0.15) is 30.8 Å². The van der Waals surface area contributed by atoms with Crippen molar-refractivity contribution in [3.05, 3.63) is 65.6 Å². The predicted molar refractivity (Wildman–Crippen MR) is 105 cm³/mol. The molecule has 136 valence electrons. The maximum absolute atomic E-state index is 4.73. The summed E-state index contributed by atoms with van der Waals surface area (Å²) in [7, 11) is 0. The molecule has 0 amide bonds. The van der Waals surface area contributed by atoms with Crippen molar-refractivity contribution in [3.8, 4) is 0 Å². The molecule has 0 atom stereocenters. The summed E-state index contributed by atoms with van der Waals surface area (Å²) in [6.45, 7) is 6.50. The lowest BCUT2D eigenvalue weighted by Gasteiger charge is -2.12. The molecule has 0 aliphatic carbocycles. The first-order valence-corrected chi connectivity index (χ1v) is 9.19. The van der Waals surface area contributed by atoms with Crippen molar-refractivity contribution in [2.45, 2.75) is 33.2 Å². The third-order valence-corrected chi connectivity index (χ3v) is 4.28. The number of benzene rings is 1. The summed E-state index contributed by atoms with van der Waals surface area (Å²) in [4.78, 5) is 4.73. The van der Waals surface area contributed by atoms with Crippen molar-refractivity contribution < 1.29 is 0 Å². The van der Waals surface area contributed by atoms with Crippen LogP contribution in [0.15, 0.2) is 53.7 Å². The van der Waals surface area contributed by atoms with Crippen molar-refractivity contribution in [2.24, 2.45) is 4.99 Å². The zero-order valence-corrected chi connectivity index (χ0v) is 15.4. The number of aliphatic imine (C=N–C) groups is 1. The predicted octanol–water partition coefficient (Wildman–Crippen LogP) is 2.59. The zero-order chi connectivity index (χ0) is 18.2. The number of pyridine rings is 1. The summed E-state index contributed by atoms with van der Waals surface area (Å²) in [5.74, 6) is 1.77. The van der Waals surface area contributed by atoms with E-state index >= 15 is 0 Å². The molecule has 2 aromatic heterocycles. The van der Waals surface area contributed by atoms with Gasteiger partial charge in [-0.1, -0.05) is 37.3 Å². The fraction of sp³-hybridized carbons (Fsp3) is 0.350. The minimum absolute atomic E-state index is 0.674. The highest BCUT2D eigenvalue weighted by molar-refractivity contribution is 5.79. The van der Waals surface area contributed by atoms with E-state index in [2.05, 4.69) is 58.9 Å². The van der Waals surface area contributed by atoms with Gasteiger partial charge in [0.15, 0.2) is 11.6 Å². The molecule has 0 aliphatic rings. The van der Waals surface area contributed by atoms with Gasteiger partial charge in [0.25, 0.3) is 0 Å². The Balaban J connectivity index is 1.61. The van der Waals surface area contributed by atoms with Crippen molar-refractivity contribution in [3.63, 3.8) is 0 Å². The lowest BCUT2D eigenvalue weighted by Crippen LogP contribution is -2.38. The number of aromatic nitrogens is 3. The van der Waals surface area contributed by atoms with Gasteiger partial charge in [-0.2, -0.15) is 0 Å². The van der Waals surface area contributed by atoms with Crippen LogP contribution in [0.5, 0.6) is 0 Å². The molecule has 0 saturated heterocycles. The normalized spacial score (nSPS) is 11.7. The van der Waals surface area contributed by atoms with Gasteiger partial charge in [-0.25, -0.2) is 4.99 Å². The molecule has 0 saturated carbocycles. The van der Waals surface area contributed by atoms with Gasteiger partial charge >= 0.3 is 0 Å². The summed E-state index contributed by atoms with van der Waals surface area (Å²) in [6.07, 6.45) is 3.79. The minimum atomic E-state index is 0.674. The third kappa shape index (κ3) is 4.39. The van der Waals surface area contributed by atoms with E-state index < -0.39 is 0 Å². The molecular formula is C20H26N6. The van der Waals surface area contributed by atoms with Crippen LogP contribution in [0.25, 0.3) is 5.65 Å². The molecule has 0 spiro atoms. The number of nitrogens with one attached hydrogen (secondary N) is 2. The lowest BCUT2D eigenvalue weighted by atomic mass is 10.1. The number of aryl methyl sites for hydroxylation is 1. The average molecular weight is 350 g/mol. The Labute approximate surface area is 154 Å². The van der Waals surface area contributed by atoms with Crippen molar-refractivity contribution in [1.29, 1.82) is 0 Å². The maximum atomic E-state index is 4.73. The van der Waals surface area contributed by atoms with E-state index in [4.69, 9.17) is 4.99 Å². The minimum Gasteiger partial charge on any atom is -0.357 e. The molecule has 2 heterocycles. The number of fused-ring (bicyclic) bond motifs is 1. The van der Waals surface area contributed by atoms with E-state index in [0.717, 1.165) is 43.4 Å². The molecule has 26 heavy (non-hydrogen) atoms. The van der Waals surface area contributed by atoms with Gasteiger partial charge in [0, 0.05) is 25.7 Å². The SMILES string of the molecule is CCNC(=NCc1ccccc1CC)NCCc1nnc2ccccn12. The van der Waals surface area contributed by atoms with E-state index in [9.17, 15) is 0 Å². The van der Waals surface area contributed by atoms with Crippen LogP contribution >= 0.6 is 0 Å². The highest BCUT2D eigenvalue weighted by Gasteiger charge is 2.05. The molecule has 3 rings (SSSR count). The largest absolute Gasteiger partial charge is 0.357 e. The van der Waals surface area contributed by atoms with Crippen molar-refractivity contribution in [1.82, 2.24) is 25.2 Å². The summed E-state index contributed by atoms with van der Waals surface area (Å²) in [5, 5.41) is 15.1. The molecule has 0 bridgehead atoms. The van der Waals surface area contributed by atoms with E-state index in [0.29, 0.717) is 6.54 Å². The first-order chi connectivity index (χ1) is 12.8. The van der Waals surface area contributed by atoms with E-state index in [1.165, 1.54) is 11.1 Å². The molecule has 3 aromatic rings. The quantitative estimate of drug-likeness (QED) is 0.508. The first-order valence-electron chi connectivity index (χ1n) is 9.19. The molecule has 0 unspecified atom stereocenters. The first kappa shape index (κ1) is 17.9. The molecule has 6 nitrogen and oxygen atoms in total. The molecule has 6 heteroatoms. The zero-order valence-electron chi connectivity index (χ0n) is 15.4. The molecule has 0 radical (unpaired) electrons. The van der Waals surface area contributed by atoms with E-state index in [1.54, 1.807) is 0 Å². The number of hydrogen-bond donors (Lipinski definition) is 2. The Hall–Kier alpha value is -2.89. The number of guanidine groups is 1. The van der Waals surface area contributed by atoms with Gasteiger partial charge in [0.2, 0.25) is 0 Å². The monoisotopic (exact) mass is 350 g/mol. The Morgan fingerprint density at radius 1 is 1.00 bits per heavy atom. The fourth-order valence-corrected chi connectivity index (χ4v) is 2.92.